The number of halogens is 1. The molecule has 1 N–H and O–H groups in total. The minimum absolute atomic E-state index is 0.337. The zero-order valence-electron chi connectivity index (χ0n) is 19.7. The van der Waals surface area contributed by atoms with E-state index in [0.29, 0.717) is 47.9 Å². The number of piperidine rings is 1. The Labute approximate surface area is 209 Å². The fraction of sp³-hybridized carbons (Fsp3) is 0.440. The average molecular weight is 504 g/mol. The smallest absolute Gasteiger partial charge is 0.337 e. The molecular formula is C25H30ClN3O4S. The van der Waals surface area contributed by atoms with Gasteiger partial charge in [-0.3, -0.25) is 0 Å². The maximum atomic E-state index is 12.0. The first kappa shape index (κ1) is 24.6. The van der Waals surface area contributed by atoms with Crippen molar-refractivity contribution in [3.05, 3.63) is 46.5 Å². The molecule has 0 unspecified atom stereocenters. The molecule has 9 heteroatoms. The van der Waals surface area contributed by atoms with Crippen molar-refractivity contribution in [3.63, 3.8) is 0 Å². The number of methoxy groups -OCH3 is 1. The molecule has 1 aliphatic heterocycles. The van der Waals surface area contributed by atoms with E-state index in [1.807, 2.05) is 32.0 Å². The van der Waals surface area contributed by atoms with Crippen LogP contribution in [0.4, 0.5) is 5.13 Å². The summed E-state index contributed by atoms with van der Waals surface area (Å²) in [6.45, 7) is 7.50. The molecule has 7 nitrogen and oxygen atoms in total. The Balaban J connectivity index is 1.72. The summed E-state index contributed by atoms with van der Waals surface area (Å²) in [4.78, 5) is 19.3. The summed E-state index contributed by atoms with van der Waals surface area (Å²) in [5.74, 6) is 0.893. The van der Waals surface area contributed by atoms with Crippen molar-refractivity contribution in [2.75, 3.05) is 38.3 Å². The van der Waals surface area contributed by atoms with E-state index >= 15 is 0 Å². The van der Waals surface area contributed by atoms with Gasteiger partial charge in [-0.1, -0.05) is 22.9 Å². The van der Waals surface area contributed by atoms with Gasteiger partial charge in [-0.25, -0.2) is 9.78 Å². The van der Waals surface area contributed by atoms with Crippen LogP contribution in [0.3, 0.4) is 0 Å². The zero-order chi connectivity index (χ0) is 24.1. The third-order valence-electron chi connectivity index (χ3n) is 5.81. The number of aromatic nitrogens is 1. The Morgan fingerprint density at radius 3 is 2.44 bits per heavy atom. The van der Waals surface area contributed by atoms with Crippen molar-refractivity contribution >= 4 is 44.3 Å². The Morgan fingerprint density at radius 1 is 1.15 bits per heavy atom. The van der Waals surface area contributed by atoms with E-state index in [9.17, 15) is 4.79 Å². The Bertz CT molecular complexity index is 1120. The molecule has 0 spiro atoms. The minimum atomic E-state index is -0.361. The van der Waals surface area contributed by atoms with Gasteiger partial charge < -0.3 is 24.4 Å². The first-order valence-electron chi connectivity index (χ1n) is 11.6. The maximum absolute atomic E-state index is 12.0. The lowest BCUT2D eigenvalue weighted by Crippen LogP contribution is -2.43. The number of carbonyl (C=O) groups is 1. The van der Waals surface area contributed by atoms with Crippen LogP contribution in [-0.4, -0.2) is 50.4 Å². The number of benzene rings is 2. The minimum Gasteiger partial charge on any atom is -0.492 e. The second kappa shape index (κ2) is 11.3. The standard InChI is InChI=1S/C25H30ClN3O4S/c1-4-32-20-12-16(13-21(23(20)26)33-5-2)15-29(18-8-10-27-11-9-18)25-28-19-14-17(24(30)31-3)6-7-22(19)34-25/h6-7,12-14,18,27H,4-5,8-11,15H2,1-3H3. The van der Waals surface area contributed by atoms with Gasteiger partial charge in [-0.15, -0.1) is 0 Å². The highest BCUT2D eigenvalue weighted by atomic mass is 35.5. The lowest BCUT2D eigenvalue weighted by Gasteiger charge is -2.34. The highest BCUT2D eigenvalue weighted by molar-refractivity contribution is 7.22. The molecule has 0 aliphatic carbocycles. The van der Waals surface area contributed by atoms with E-state index in [4.69, 9.17) is 30.8 Å². The summed E-state index contributed by atoms with van der Waals surface area (Å²) in [5.41, 5.74) is 2.34. The van der Waals surface area contributed by atoms with Crippen LogP contribution in [0, 0.1) is 0 Å². The number of ether oxygens (including phenoxy) is 3. The number of esters is 1. The number of thiazole rings is 1. The molecule has 1 saturated heterocycles. The van der Waals surface area contributed by atoms with Gasteiger partial charge in [-0.2, -0.15) is 0 Å². The van der Waals surface area contributed by atoms with Gasteiger partial charge in [0.15, 0.2) is 5.13 Å². The topological polar surface area (TPSA) is 72.9 Å². The first-order chi connectivity index (χ1) is 16.5. The average Bonchev–Trinajstić information content (AvgIpc) is 3.28. The molecule has 0 radical (unpaired) electrons. The van der Waals surface area contributed by atoms with E-state index < -0.39 is 0 Å². The summed E-state index contributed by atoms with van der Waals surface area (Å²) < 4.78 is 17.5. The maximum Gasteiger partial charge on any atom is 0.337 e. The Kier molecular flexibility index (Phi) is 8.13. The second-order valence-corrected chi connectivity index (χ2v) is 9.44. The van der Waals surface area contributed by atoms with Crippen molar-refractivity contribution in [3.8, 4) is 11.5 Å². The molecule has 2 aromatic carbocycles. The van der Waals surface area contributed by atoms with Gasteiger partial charge in [-0.05, 0) is 75.7 Å². The monoisotopic (exact) mass is 503 g/mol. The molecule has 4 rings (SSSR count). The van der Waals surface area contributed by atoms with Crippen molar-refractivity contribution in [2.24, 2.45) is 0 Å². The number of nitrogens with zero attached hydrogens (tertiary/aromatic N) is 2. The van der Waals surface area contributed by atoms with E-state index in [2.05, 4.69) is 10.2 Å². The quantitative estimate of drug-likeness (QED) is 0.397. The normalized spacial score (nSPS) is 14.2. The zero-order valence-corrected chi connectivity index (χ0v) is 21.3. The predicted octanol–water partition coefficient (Wildman–Crippen LogP) is 5.29. The van der Waals surface area contributed by atoms with E-state index in [1.54, 1.807) is 23.5 Å². The molecule has 0 bridgehead atoms. The van der Waals surface area contributed by atoms with Crippen molar-refractivity contribution in [1.29, 1.82) is 0 Å². The number of rotatable bonds is 9. The van der Waals surface area contributed by atoms with E-state index in [1.165, 1.54) is 7.11 Å². The Hall–Kier alpha value is -2.55. The molecule has 0 amide bonds. The van der Waals surface area contributed by atoms with Crippen LogP contribution >= 0.6 is 22.9 Å². The molecule has 182 valence electrons. The number of hydrogen-bond acceptors (Lipinski definition) is 8. The summed E-state index contributed by atoms with van der Waals surface area (Å²) in [6, 6.07) is 9.84. The van der Waals surface area contributed by atoms with Gasteiger partial charge >= 0.3 is 5.97 Å². The molecule has 1 aromatic heterocycles. The van der Waals surface area contributed by atoms with Crippen LogP contribution in [0.25, 0.3) is 10.2 Å². The van der Waals surface area contributed by atoms with Crippen molar-refractivity contribution < 1.29 is 19.0 Å². The number of anilines is 1. The summed E-state index contributed by atoms with van der Waals surface area (Å²) >= 11 is 8.16. The Morgan fingerprint density at radius 2 is 1.82 bits per heavy atom. The predicted molar refractivity (Wildman–Crippen MR) is 137 cm³/mol. The lowest BCUT2D eigenvalue weighted by molar-refractivity contribution is 0.0601. The first-order valence-corrected chi connectivity index (χ1v) is 12.8. The molecule has 34 heavy (non-hydrogen) atoms. The molecule has 0 saturated carbocycles. The number of carbonyl (C=O) groups excluding carboxylic acids is 1. The molecule has 1 aliphatic rings. The molecule has 0 atom stereocenters. The number of fused-ring (bicyclic) bond motifs is 1. The van der Waals surface area contributed by atoms with Gasteiger partial charge in [0.05, 0.1) is 36.1 Å². The van der Waals surface area contributed by atoms with Crippen LogP contribution in [0.2, 0.25) is 5.02 Å². The summed E-state index contributed by atoms with van der Waals surface area (Å²) in [7, 11) is 1.39. The highest BCUT2D eigenvalue weighted by Crippen LogP contribution is 2.38. The molecule has 2 heterocycles. The third-order valence-corrected chi connectivity index (χ3v) is 7.26. The second-order valence-electron chi connectivity index (χ2n) is 8.05. The van der Waals surface area contributed by atoms with Crippen molar-refractivity contribution in [2.45, 2.75) is 39.3 Å². The number of hydrogen-bond donors (Lipinski definition) is 1. The van der Waals surface area contributed by atoms with Crippen molar-refractivity contribution in [1.82, 2.24) is 10.3 Å². The van der Waals surface area contributed by atoms with Gasteiger partial charge in [0, 0.05) is 12.6 Å². The van der Waals surface area contributed by atoms with Gasteiger partial charge in [0.2, 0.25) is 0 Å². The van der Waals surface area contributed by atoms with E-state index in [0.717, 1.165) is 46.8 Å². The fourth-order valence-electron chi connectivity index (χ4n) is 4.19. The largest absolute Gasteiger partial charge is 0.492 e. The molecule has 1 fully saturated rings. The van der Waals surface area contributed by atoms with Crippen LogP contribution < -0.4 is 19.7 Å². The van der Waals surface area contributed by atoms with Crippen LogP contribution in [0.15, 0.2) is 30.3 Å². The lowest BCUT2D eigenvalue weighted by atomic mass is 10.0. The van der Waals surface area contributed by atoms with E-state index in [-0.39, 0.29) is 5.97 Å². The number of nitrogens with one attached hydrogen (secondary N) is 1. The highest BCUT2D eigenvalue weighted by Gasteiger charge is 2.25. The van der Waals surface area contributed by atoms with Gasteiger partial charge in [0.25, 0.3) is 0 Å². The van der Waals surface area contributed by atoms with Crippen LogP contribution in [-0.2, 0) is 11.3 Å². The fourth-order valence-corrected chi connectivity index (χ4v) is 5.42. The summed E-state index contributed by atoms with van der Waals surface area (Å²) in [5, 5.41) is 4.87. The SMILES string of the molecule is CCOc1cc(CN(c2nc3cc(C(=O)OC)ccc3s2)C2CCNCC2)cc(OCC)c1Cl. The summed E-state index contributed by atoms with van der Waals surface area (Å²) in [6.07, 6.45) is 2.04. The van der Waals surface area contributed by atoms with Crippen LogP contribution in [0.1, 0.15) is 42.6 Å². The molecule has 3 aromatic rings. The van der Waals surface area contributed by atoms with Crippen LogP contribution in [0.5, 0.6) is 11.5 Å². The third kappa shape index (κ3) is 5.40. The molecular weight excluding hydrogens is 474 g/mol. The van der Waals surface area contributed by atoms with Gasteiger partial charge in [0.1, 0.15) is 16.5 Å².